The number of benzene rings is 4. The number of carbonyl (C=O) groups is 1. The number of hydrogen-bond acceptors (Lipinski definition) is 10. The number of thioether (sulfide) groups is 1. The second-order valence-corrected chi connectivity index (χ2v) is 17.9. The van der Waals surface area contributed by atoms with Gasteiger partial charge in [0.1, 0.15) is 17.9 Å². The number of aryl methyl sites for hydroxylation is 2. The summed E-state index contributed by atoms with van der Waals surface area (Å²) in [6, 6.07) is 23.0. The molecule has 6 aromatic rings. The van der Waals surface area contributed by atoms with E-state index in [4.69, 9.17) is 14.8 Å². The molecule has 11 nitrogen and oxygen atoms in total. The molecule has 0 amide bonds. The molecule has 0 fully saturated rings. The van der Waals surface area contributed by atoms with E-state index in [0.29, 0.717) is 55.4 Å². The fourth-order valence-corrected chi connectivity index (χ4v) is 10.0. The number of aldehydes is 1. The number of halogens is 2. The lowest BCUT2D eigenvalue weighted by Gasteiger charge is -2.28. The Hall–Kier alpha value is -5.38. The fourth-order valence-electron chi connectivity index (χ4n) is 7.59. The second-order valence-electron chi connectivity index (χ2n) is 14.9. The van der Waals surface area contributed by atoms with E-state index in [-0.39, 0.29) is 39.3 Å². The average molecular weight is 855 g/mol. The minimum atomic E-state index is -4.05. The first-order valence-corrected chi connectivity index (χ1v) is 22.5. The Morgan fingerprint density at radius 2 is 1.82 bits per heavy atom. The monoisotopic (exact) mass is 854 g/mol. The number of rotatable bonds is 7. The molecule has 0 radical (unpaired) electrons. The Balaban J connectivity index is 0.00000130. The number of methoxy groups -OCH3 is 1. The van der Waals surface area contributed by atoms with Gasteiger partial charge in [-0.05, 0) is 86.4 Å². The van der Waals surface area contributed by atoms with Crippen LogP contribution in [0.4, 0.5) is 8.78 Å². The molecule has 0 saturated heterocycles. The van der Waals surface area contributed by atoms with Crippen molar-refractivity contribution in [3.05, 3.63) is 125 Å². The van der Waals surface area contributed by atoms with Gasteiger partial charge in [0.2, 0.25) is 0 Å². The predicted octanol–water partition coefficient (Wildman–Crippen LogP) is 8.57. The van der Waals surface area contributed by atoms with Gasteiger partial charge in [0.25, 0.3) is 10.0 Å². The summed E-state index contributed by atoms with van der Waals surface area (Å²) in [7, 11) is -0.655. The summed E-state index contributed by atoms with van der Waals surface area (Å²) in [5.41, 5.74) is 2.17. The number of carbonyl (C=O) groups excluding carboxylic acids is 1. The molecule has 0 N–H and O–H groups in total. The van der Waals surface area contributed by atoms with Crippen LogP contribution >= 0.6 is 11.8 Å². The maximum Gasteiger partial charge on any atom is 0.268 e. The van der Waals surface area contributed by atoms with Gasteiger partial charge in [-0.15, -0.1) is 0 Å². The molecule has 2 aliphatic rings. The topological polar surface area (TPSA) is 121 Å². The molecule has 2 unspecified atom stereocenters. The van der Waals surface area contributed by atoms with E-state index in [0.717, 1.165) is 39.5 Å². The molecule has 2 aliphatic heterocycles. The van der Waals surface area contributed by atoms with Gasteiger partial charge in [0.15, 0.2) is 23.2 Å². The first-order valence-electron chi connectivity index (χ1n) is 19.9. The third-order valence-corrected chi connectivity index (χ3v) is 13.7. The average Bonchev–Trinajstić information content (AvgIpc) is 4.00. The molecule has 314 valence electrons. The van der Waals surface area contributed by atoms with Crippen molar-refractivity contribution in [2.45, 2.75) is 62.3 Å². The number of aromatic nitrogens is 4. The van der Waals surface area contributed by atoms with E-state index in [9.17, 15) is 13.2 Å². The van der Waals surface area contributed by atoms with Gasteiger partial charge < -0.3 is 14.3 Å². The standard InChI is InChI=1S/C42H40F2N6O4S2.C3H8O/c1-42(29-10-6-8-28(24-29)9-7-21-51)17-22-55-23-20-49-30(15-18-45-49)25-34-33-16-19-50(56(52,53)32-11-4-3-5-12-32)38(33)27-37(44)39(34)54-31-13-14-36(43)35(26-31)40-46-41(42)47-48(40)2;1-3-4-2/h3-6,8,10-14,16,18-19,21,24,26-27,30H,7,9,15,17,20,22-23,25H2,1-2H3;3H2,1-2H3. The lowest BCUT2D eigenvalue weighted by molar-refractivity contribution is -0.107. The van der Waals surface area contributed by atoms with Gasteiger partial charge in [0.05, 0.1) is 27.4 Å². The lowest BCUT2D eigenvalue weighted by Crippen LogP contribution is -2.31. The summed E-state index contributed by atoms with van der Waals surface area (Å²) in [6.07, 6.45) is 6.84. The maximum atomic E-state index is 16.6. The fraction of sp³-hybridized carbons (Fsp3) is 0.333. The minimum absolute atomic E-state index is 0.0760. The van der Waals surface area contributed by atoms with E-state index < -0.39 is 27.1 Å². The molecule has 2 atom stereocenters. The van der Waals surface area contributed by atoms with Crippen molar-refractivity contribution in [2.24, 2.45) is 12.1 Å². The van der Waals surface area contributed by atoms with Crippen molar-refractivity contribution in [3.63, 3.8) is 0 Å². The molecule has 4 bridgehead atoms. The summed E-state index contributed by atoms with van der Waals surface area (Å²) in [4.78, 5) is 16.2. The molecular formula is C45H48F2N6O5S2. The van der Waals surface area contributed by atoms with Gasteiger partial charge in [-0.25, -0.2) is 30.8 Å². The number of ether oxygens (including phenoxy) is 2. The first-order chi connectivity index (χ1) is 29.0. The second kappa shape index (κ2) is 18.5. The van der Waals surface area contributed by atoms with E-state index >= 15 is 8.78 Å². The molecule has 15 heteroatoms. The predicted molar refractivity (Wildman–Crippen MR) is 231 cm³/mol. The van der Waals surface area contributed by atoms with E-state index in [1.165, 1.54) is 42.6 Å². The van der Waals surface area contributed by atoms with Crippen molar-refractivity contribution >= 4 is 45.2 Å². The largest absolute Gasteiger partial charge is 0.454 e. The van der Waals surface area contributed by atoms with Crippen molar-refractivity contribution < 1.29 is 31.5 Å². The molecule has 0 spiro atoms. The molecule has 4 aromatic carbocycles. The molecule has 0 aliphatic carbocycles. The van der Waals surface area contributed by atoms with E-state index in [2.05, 4.69) is 22.8 Å². The Kier molecular flexibility index (Phi) is 13.2. The third-order valence-electron chi connectivity index (χ3n) is 11.0. The van der Waals surface area contributed by atoms with Crippen LogP contribution in [0.1, 0.15) is 55.6 Å². The quantitative estimate of drug-likeness (QED) is 0.146. The zero-order valence-electron chi connectivity index (χ0n) is 34.1. The van der Waals surface area contributed by atoms with E-state index in [1.807, 2.05) is 36.3 Å². The Morgan fingerprint density at radius 1 is 1.02 bits per heavy atom. The van der Waals surface area contributed by atoms with Crippen LogP contribution in [0.25, 0.3) is 22.3 Å². The zero-order valence-corrected chi connectivity index (χ0v) is 35.7. The highest BCUT2D eigenvalue weighted by Crippen LogP contribution is 2.41. The normalized spacial score (nSPS) is 18.1. The maximum absolute atomic E-state index is 16.6. The molecule has 60 heavy (non-hydrogen) atoms. The van der Waals surface area contributed by atoms with Crippen molar-refractivity contribution in [3.8, 4) is 22.9 Å². The lowest BCUT2D eigenvalue weighted by atomic mass is 9.78. The molecule has 8 rings (SSSR count). The van der Waals surface area contributed by atoms with Crippen LogP contribution in [0, 0.1) is 11.6 Å². The Morgan fingerprint density at radius 3 is 2.58 bits per heavy atom. The number of fused-ring (bicyclic) bond motifs is 9. The highest BCUT2D eigenvalue weighted by Gasteiger charge is 2.35. The van der Waals surface area contributed by atoms with Gasteiger partial charge in [-0.3, -0.25) is 5.01 Å². The number of nitrogens with zero attached hydrogens (tertiary/aromatic N) is 6. The summed E-state index contributed by atoms with van der Waals surface area (Å²) in [5.74, 6) is 1.10. The Labute approximate surface area is 353 Å². The van der Waals surface area contributed by atoms with Crippen molar-refractivity contribution in [1.29, 1.82) is 0 Å². The van der Waals surface area contributed by atoms with Crippen LogP contribution in [0.15, 0.2) is 101 Å². The summed E-state index contributed by atoms with van der Waals surface area (Å²) < 4.78 is 73.5. The van der Waals surface area contributed by atoms with Crippen molar-refractivity contribution in [2.75, 3.05) is 31.8 Å². The third kappa shape index (κ3) is 8.75. The number of hydrogen-bond donors (Lipinski definition) is 0. The summed E-state index contributed by atoms with van der Waals surface area (Å²) in [5, 5.41) is 12.1. The number of hydrazone groups is 1. The van der Waals surface area contributed by atoms with Gasteiger partial charge in [-0.1, -0.05) is 42.5 Å². The van der Waals surface area contributed by atoms with Gasteiger partial charge >= 0.3 is 0 Å². The van der Waals surface area contributed by atoms with Crippen LogP contribution in [-0.2, 0) is 44.9 Å². The highest BCUT2D eigenvalue weighted by molar-refractivity contribution is 7.99. The zero-order chi connectivity index (χ0) is 42.4. The SMILES string of the molecule is CCOC.Cn1nc2nc1-c1cc(ccc1F)Oc1c(F)cc3c(ccn3S(=O)(=O)c3ccccc3)c1CC1CC=NN1CCSCCC2(C)c1cccc(CCC=O)c1. The molecular weight excluding hydrogens is 807 g/mol. The van der Waals surface area contributed by atoms with Crippen LogP contribution in [0.2, 0.25) is 0 Å². The van der Waals surface area contributed by atoms with Crippen LogP contribution in [0.3, 0.4) is 0 Å². The highest BCUT2D eigenvalue weighted by atomic mass is 32.2. The van der Waals surface area contributed by atoms with Crippen LogP contribution < -0.4 is 4.74 Å². The molecule has 2 aromatic heterocycles. The molecule has 4 heterocycles. The summed E-state index contributed by atoms with van der Waals surface area (Å²) >= 11 is 1.78. The van der Waals surface area contributed by atoms with Crippen molar-refractivity contribution in [1.82, 2.24) is 23.7 Å². The van der Waals surface area contributed by atoms with Crippen LogP contribution in [-0.4, -0.2) is 82.5 Å². The first kappa shape index (κ1) is 42.7. The van der Waals surface area contributed by atoms with Gasteiger partial charge in [-0.2, -0.15) is 22.0 Å². The Bertz CT molecular complexity index is 2610. The molecule has 0 saturated carbocycles. The smallest absolute Gasteiger partial charge is 0.268 e. The minimum Gasteiger partial charge on any atom is -0.454 e. The van der Waals surface area contributed by atoms with Crippen LogP contribution in [0.5, 0.6) is 11.5 Å². The summed E-state index contributed by atoms with van der Waals surface area (Å²) in [6.45, 7) is 5.51. The van der Waals surface area contributed by atoms with E-state index in [1.54, 1.807) is 54.9 Å². The van der Waals surface area contributed by atoms with Gasteiger partial charge in [0, 0.05) is 75.3 Å².